The van der Waals surface area contributed by atoms with Gasteiger partial charge in [-0.3, -0.25) is 0 Å². The van der Waals surface area contributed by atoms with Crippen LogP contribution in [-0.4, -0.2) is 49.0 Å². The largest absolute Gasteiger partial charge is 0.495 e. The van der Waals surface area contributed by atoms with Crippen molar-refractivity contribution in [2.24, 2.45) is 11.8 Å². The third-order valence-corrected chi connectivity index (χ3v) is 6.68. The van der Waals surface area contributed by atoms with Gasteiger partial charge >= 0.3 is 4.38 Å². The lowest BCUT2D eigenvalue weighted by Gasteiger charge is -2.05. The molecule has 0 bridgehead atoms. The predicted octanol–water partition coefficient (Wildman–Crippen LogP) is 0.631. The van der Waals surface area contributed by atoms with E-state index in [0.29, 0.717) is 0 Å². The minimum absolute atomic E-state index is 0.244. The van der Waals surface area contributed by atoms with Crippen molar-refractivity contribution < 1.29 is 26.4 Å². The lowest BCUT2D eigenvalue weighted by atomic mass is 10.3. The topological polar surface area (TPSA) is 141 Å². The highest BCUT2D eigenvalue weighted by atomic mass is 32.3. The van der Waals surface area contributed by atoms with Gasteiger partial charge in [0.1, 0.15) is 0 Å². The Morgan fingerprint density at radius 1 is 0.950 bits per heavy atom. The molecule has 20 heavy (non-hydrogen) atoms. The second-order valence-electron chi connectivity index (χ2n) is 4.86. The number of nitrogens with zero attached hydrogens (tertiary/aromatic N) is 4. The molecule has 0 N–H and O–H groups in total. The van der Waals surface area contributed by atoms with E-state index >= 15 is 0 Å². The summed E-state index contributed by atoms with van der Waals surface area (Å²) in [5.74, 6) is -1.20. The van der Waals surface area contributed by atoms with Crippen LogP contribution in [0.1, 0.15) is 27.7 Å². The number of rotatable bonds is 4. The van der Waals surface area contributed by atoms with Crippen LogP contribution in [0.3, 0.4) is 0 Å². The zero-order valence-electron chi connectivity index (χ0n) is 12.0. The van der Waals surface area contributed by atoms with E-state index in [1.165, 1.54) is 0 Å². The fourth-order valence-electron chi connectivity index (χ4n) is 1.34. The summed E-state index contributed by atoms with van der Waals surface area (Å²) < 4.78 is 45.8. The first-order valence-corrected chi connectivity index (χ1v) is 9.02. The SMILES string of the molecule is C=[N+]=[N-].CC(C)CS(=O)(=O)C(=[N+]=[N-])S(=O)(=O)CC(C)C. The van der Waals surface area contributed by atoms with Crippen molar-refractivity contribution in [1.29, 1.82) is 0 Å². The molecule has 0 rings (SSSR count). The van der Waals surface area contributed by atoms with E-state index < -0.39 is 24.1 Å². The smallest absolute Gasteiger partial charge is 0.362 e. The van der Waals surface area contributed by atoms with Gasteiger partial charge in [0.15, 0.2) is 0 Å². The highest BCUT2D eigenvalue weighted by molar-refractivity contribution is 8.31. The van der Waals surface area contributed by atoms with Gasteiger partial charge in [-0.1, -0.05) is 27.7 Å². The lowest BCUT2D eigenvalue weighted by molar-refractivity contribution is 0.00375. The molecular formula is C10H20N4O4S2. The fourth-order valence-corrected chi connectivity index (χ4v) is 5.58. The maximum atomic E-state index is 11.7. The van der Waals surface area contributed by atoms with Crippen LogP contribution in [0.2, 0.25) is 0 Å². The van der Waals surface area contributed by atoms with Crippen molar-refractivity contribution in [3.63, 3.8) is 0 Å². The van der Waals surface area contributed by atoms with E-state index in [9.17, 15) is 16.8 Å². The van der Waals surface area contributed by atoms with E-state index in [2.05, 4.69) is 16.3 Å². The van der Waals surface area contributed by atoms with Crippen molar-refractivity contribution in [2.45, 2.75) is 27.7 Å². The van der Waals surface area contributed by atoms with Crippen LogP contribution in [0.25, 0.3) is 11.1 Å². The Kier molecular flexibility index (Phi) is 9.18. The van der Waals surface area contributed by atoms with Crippen molar-refractivity contribution in [3.8, 4) is 0 Å². The Morgan fingerprint density at radius 3 is 1.35 bits per heavy atom. The average molecular weight is 324 g/mol. The predicted molar refractivity (Wildman–Crippen MR) is 76.6 cm³/mol. The van der Waals surface area contributed by atoms with E-state index in [-0.39, 0.29) is 23.3 Å². The second kappa shape index (κ2) is 8.76. The summed E-state index contributed by atoms with van der Waals surface area (Å²) in [6.07, 6.45) is 0. The van der Waals surface area contributed by atoms with E-state index in [4.69, 9.17) is 11.1 Å². The highest BCUT2D eigenvalue weighted by Crippen LogP contribution is 2.10. The molecule has 0 atom stereocenters. The molecule has 0 aromatic carbocycles. The van der Waals surface area contributed by atoms with Gasteiger partial charge in [0.2, 0.25) is 6.72 Å². The van der Waals surface area contributed by atoms with Gasteiger partial charge in [-0.05, 0) is 11.8 Å². The van der Waals surface area contributed by atoms with E-state index in [1.807, 2.05) is 0 Å². The summed E-state index contributed by atoms with van der Waals surface area (Å²) in [5.41, 5.74) is 15.7. The third kappa shape index (κ3) is 7.96. The third-order valence-electron chi connectivity index (χ3n) is 1.72. The standard InChI is InChI=1S/C9H18N2O4S2.CH2N2/c1-7(2)5-16(12,13)9(11-10)17(14,15)6-8(3)4;1-3-2/h7-8H,5-6H2,1-4H3;1H2. The van der Waals surface area contributed by atoms with E-state index in [0.717, 1.165) is 0 Å². The summed E-state index contributed by atoms with van der Waals surface area (Å²) >= 11 is 0. The second-order valence-corrected chi connectivity index (χ2v) is 9.02. The summed E-state index contributed by atoms with van der Waals surface area (Å²) in [4.78, 5) is 4.73. The molecule has 0 aromatic heterocycles. The molecule has 0 aliphatic carbocycles. The molecule has 0 unspecified atom stereocenters. The monoisotopic (exact) mass is 324 g/mol. The molecule has 0 saturated heterocycles. The van der Waals surface area contributed by atoms with Gasteiger partial charge < -0.3 is 11.1 Å². The Morgan fingerprint density at radius 2 is 1.20 bits per heavy atom. The van der Waals surface area contributed by atoms with Gasteiger partial charge in [-0.15, -0.1) is 4.79 Å². The Labute approximate surface area is 119 Å². The first-order valence-electron chi connectivity index (χ1n) is 5.72. The normalized spacial score (nSPS) is 11.3. The van der Waals surface area contributed by atoms with Gasteiger partial charge in [0, 0.05) is 0 Å². The molecule has 10 heteroatoms. The quantitative estimate of drug-likeness (QED) is 0.323. The Bertz CT molecular complexity index is 551. The van der Waals surface area contributed by atoms with Crippen molar-refractivity contribution in [3.05, 3.63) is 11.1 Å². The molecule has 0 aliphatic rings. The number of hydrogen-bond acceptors (Lipinski definition) is 4. The number of hydrogen-bond donors (Lipinski definition) is 0. The molecule has 0 aliphatic heterocycles. The van der Waals surface area contributed by atoms with Crippen LogP contribution in [-0.2, 0) is 19.7 Å². The van der Waals surface area contributed by atoms with Gasteiger partial charge in [0.05, 0.1) is 11.5 Å². The minimum atomic E-state index is -4.06. The summed E-state index contributed by atoms with van der Waals surface area (Å²) in [6, 6.07) is 0. The molecule has 0 fully saturated rings. The summed E-state index contributed by atoms with van der Waals surface area (Å²) in [5, 5.41) is 0. The fraction of sp³-hybridized carbons (Fsp3) is 0.800. The van der Waals surface area contributed by atoms with Gasteiger partial charge in [0.25, 0.3) is 19.7 Å². The molecule has 0 spiro atoms. The molecule has 0 aromatic rings. The van der Waals surface area contributed by atoms with Crippen molar-refractivity contribution in [1.82, 2.24) is 0 Å². The van der Waals surface area contributed by atoms with Crippen molar-refractivity contribution in [2.75, 3.05) is 11.5 Å². The lowest BCUT2D eigenvalue weighted by Crippen LogP contribution is -2.32. The molecular weight excluding hydrogens is 304 g/mol. The molecule has 0 amide bonds. The zero-order valence-corrected chi connectivity index (χ0v) is 13.6. The summed E-state index contributed by atoms with van der Waals surface area (Å²) in [6.45, 7) is 9.23. The van der Waals surface area contributed by atoms with Crippen molar-refractivity contribution >= 4 is 30.8 Å². The highest BCUT2D eigenvalue weighted by Gasteiger charge is 2.41. The Balaban J connectivity index is 0. The summed E-state index contributed by atoms with van der Waals surface area (Å²) in [7, 11) is -8.13. The number of sulfone groups is 2. The molecule has 8 nitrogen and oxygen atoms in total. The van der Waals surface area contributed by atoms with Gasteiger partial charge in [-0.25, -0.2) is 16.8 Å². The van der Waals surface area contributed by atoms with Crippen LogP contribution in [0.4, 0.5) is 0 Å². The minimum Gasteiger partial charge on any atom is -0.362 e. The van der Waals surface area contributed by atoms with Crippen LogP contribution in [0.15, 0.2) is 0 Å². The first kappa shape index (κ1) is 21.0. The molecule has 0 saturated carbocycles. The van der Waals surface area contributed by atoms with Crippen LogP contribution >= 0.6 is 0 Å². The van der Waals surface area contributed by atoms with Gasteiger partial charge in [-0.2, -0.15) is 4.79 Å². The Hall–Kier alpha value is -1.34. The molecule has 0 heterocycles. The maximum absolute atomic E-state index is 11.7. The van der Waals surface area contributed by atoms with Crippen LogP contribution in [0.5, 0.6) is 0 Å². The molecule has 0 radical (unpaired) electrons. The van der Waals surface area contributed by atoms with E-state index in [1.54, 1.807) is 27.7 Å². The average Bonchev–Trinajstić information content (AvgIpc) is 2.12. The van der Waals surface area contributed by atoms with Crippen LogP contribution in [0, 0.1) is 11.8 Å². The zero-order chi connectivity index (χ0) is 16.6. The maximum Gasteiger partial charge on any atom is 0.495 e. The first-order chi connectivity index (χ1) is 8.94. The molecule has 116 valence electrons. The van der Waals surface area contributed by atoms with Crippen LogP contribution < -0.4 is 0 Å².